The van der Waals surface area contributed by atoms with E-state index in [1.807, 2.05) is 0 Å². The van der Waals surface area contributed by atoms with Crippen molar-refractivity contribution in [3.63, 3.8) is 0 Å². The highest BCUT2D eigenvalue weighted by Crippen LogP contribution is 2.44. The lowest BCUT2D eigenvalue weighted by molar-refractivity contribution is 0.0232. The molecule has 1 unspecified atom stereocenters. The minimum atomic E-state index is -0.190. The Morgan fingerprint density at radius 1 is 1.32 bits per heavy atom. The summed E-state index contributed by atoms with van der Waals surface area (Å²) in [6, 6.07) is 7.23. The topological polar surface area (TPSA) is 57.8 Å². The minimum absolute atomic E-state index is 0.190. The van der Waals surface area contributed by atoms with E-state index in [-0.39, 0.29) is 6.09 Å². The average molecular weight is 383 g/mol. The van der Waals surface area contributed by atoms with Gasteiger partial charge in [-0.2, -0.15) is 0 Å². The number of hydrogen-bond acceptors (Lipinski definition) is 4. The first-order chi connectivity index (χ1) is 13.7. The monoisotopic (exact) mass is 383 g/mol. The number of likely N-dealkylation sites (tertiary alicyclic amines) is 1. The first-order valence-corrected chi connectivity index (χ1v) is 10.5. The van der Waals surface area contributed by atoms with Crippen LogP contribution in [0.25, 0.3) is 10.9 Å². The Morgan fingerprint density at radius 2 is 2.18 bits per heavy atom. The van der Waals surface area contributed by atoms with Gasteiger partial charge in [0.05, 0.1) is 19.8 Å². The summed E-state index contributed by atoms with van der Waals surface area (Å²) in [4.78, 5) is 19.9. The summed E-state index contributed by atoms with van der Waals surface area (Å²) in [6.45, 7) is 4.07. The van der Waals surface area contributed by atoms with Crippen molar-refractivity contribution in [3.8, 4) is 0 Å². The lowest BCUT2D eigenvalue weighted by Crippen LogP contribution is -2.48. The van der Waals surface area contributed by atoms with E-state index in [1.165, 1.54) is 28.5 Å². The standard InChI is InChI=1S/C22H29N3O3/c1-24-14-15(5-8-28-22(26)25-6-9-27-10-7-25)11-18-17-3-2-4-19-21(17)16(13-23-19)12-20(18)24/h2-4,13,15,18,20,23H,5-12,14H2,1H3/t15?,18-,20-/m0/s1. The molecule has 6 nitrogen and oxygen atoms in total. The number of likely N-dealkylation sites (N-methyl/N-ethyl adjacent to an activating group) is 1. The van der Waals surface area contributed by atoms with Crippen molar-refractivity contribution in [2.75, 3.05) is 46.5 Å². The van der Waals surface area contributed by atoms with Crippen molar-refractivity contribution >= 4 is 17.0 Å². The van der Waals surface area contributed by atoms with Gasteiger partial charge in [0.15, 0.2) is 0 Å². The molecule has 1 amide bonds. The minimum Gasteiger partial charge on any atom is -0.449 e. The molecule has 0 saturated carbocycles. The first-order valence-electron chi connectivity index (χ1n) is 10.5. The third-order valence-corrected chi connectivity index (χ3v) is 6.83. The Bertz CT molecular complexity index is 858. The highest BCUT2D eigenvalue weighted by molar-refractivity contribution is 5.88. The Balaban J connectivity index is 1.24. The Labute approximate surface area is 165 Å². The third kappa shape index (κ3) is 3.18. The largest absolute Gasteiger partial charge is 0.449 e. The number of amides is 1. The van der Waals surface area contributed by atoms with Crippen molar-refractivity contribution in [1.82, 2.24) is 14.8 Å². The number of hydrogen-bond donors (Lipinski definition) is 1. The van der Waals surface area contributed by atoms with Crippen LogP contribution in [0.2, 0.25) is 0 Å². The van der Waals surface area contributed by atoms with Gasteiger partial charge in [-0.25, -0.2) is 4.79 Å². The van der Waals surface area contributed by atoms with Crippen molar-refractivity contribution < 1.29 is 14.3 Å². The lowest BCUT2D eigenvalue weighted by atomic mass is 9.72. The number of nitrogens with zero attached hydrogens (tertiary/aromatic N) is 2. The first kappa shape index (κ1) is 18.0. The maximum absolute atomic E-state index is 12.2. The molecule has 6 heteroatoms. The van der Waals surface area contributed by atoms with E-state index in [4.69, 9.17) is 9.47 Å². The highest BCUT2D eigenvalue weighted by atomic mass is 16.6. The molecule has 3 atom stereocenters. The van der Waals surface area contributed by atoms with Crippen LogP contribution in [-0.2, 0) is 15.9 Å². The SMILES string of the molecule is CN1CC(CCOC(=O)N2CCOCC2)C[C@H]2c3cccc4[nH]cc(c34)C[C@@H]21. The molecule has 3 aliphatic rings. The van der Waals surface area contributed by atoms with Crippen molar-refractivity contribution in [1.29, 1.82) is 0 Å². The Hall–Kier alpha value is -2.05. The number of morpholine rings is 1. The van der Waals surface area contributed by atoms with Crippen LogP contribution in [-0.4, -0.2) is 73.4 Å². The number of benzene rings is 1. The third-order valence-electron chi connectivity index (χ3n) is 6.83. The smallest absolute Gasteiger partial charge is 0.409 e. The molecule has 0 radical (unpaired) electrons. The van der Waals surface area contributed by atoms with Gasteiger partial charge in [-0.1, -0.05) is 12.1 Å². The second kappa shape index (κ2) is 7.41. The van der Waals surface area contributed by atoms with E-state index < -0.39 is 0 Å². The lowest BCUT2D eigenvalue weighted by Gasteiger charge is -2.45. The zero-order valence-electron chi connectivity index (χ0n) is 16.5. The van der Waals surface area contributed by atoms with Crippen LogP contribution in [0.3, 0.4) is 0 Å². The molecule has 28 heavy (non-hydrogen) atoms. The fraction of sp³-hybridized carbons (Fsp3) is 0.591. The summed E-state index contributed by atoms with van der Waals surface area (Å²) in [5.74, 6) is 1.12. The molecule has 1 aliphatic carbocycles. The quantitative estimate of drug-likeness (QED) is 0.885. The summed E-state index contributed by atoms with van der Waals surface area (Å²) in [5.41, 5.74) is 4.21. The Kier molecular flexibility index (Phi) is 4.77. The van der Waals surface area contributed by atoms with E-state index in [9.17, 15) is 4.79 Å². The molecule has 2 saturated heterocycles. The number of carbonyl (C=O) groups excluding carboxylic acids is 1. The summed E-state index contributed by atoms with van der Waals surface area (Å²) in [6.07, 6.45) is 5.23. The fourth-order valence-corrected chi connectivity index (χ4v) is 5.41. The molecule has 3 heterocycles. The van der Waals surface area contributed by atoms with Gasteiger partial charge in [-0.3, -0.25) is 0 Å². The molecule has 1 aromatic carbocycles. The molecule has 150 valence electrons. The summed E-state index contributed by atoms with van der Waals surface area (Å²) in [7, 11) is 2.25. The number of carbonyl (C=O) groups is 1. The van der Waals surface area contributed by atoms with Crippen molar-refractivity contribution in [3.05, 3.63) is 35.5 Å². The molecular formula is C22H29N3O3. The predicted molar refractivity (Wildman–Crippen MR) is 108 cm³/mol. The molecule has 5 rings (SSSR count). The number of piperidine rings is 1. The number of ether oxygens (including phenoxy) is 2. The number of nitrogens with one attached hydrogen (secondary N) is 1. The predicted octanol–water partition coefficient (Wildman–Crippen LogP) is 2.99. The summed E-state index contributed by atoms with van der Waals surface area (Å²) < 4.78 is 10.9. The van der Waals surface area contributed by atoms with E-state index in [2.05, 4.69) is 41.3 Å². The van der Waals surface area contributed by atoms with Crippen molar-refractivity contribution in [2.24, 2.45) is 5.92 Å². The van der Waals surface area contributed by atoms with Gasteiger partial charge in [-0.15, -0.1) is 0 Å². The molecule has 1 N–H and O–H groups in total. The van der Waals surface area contributed by atoms with Crippen LogP contribution >= 0.6 is 0 Å². The number of rotatable bonds is 3. The summed E-state index contributed by atoms with van der Waals surface area (Å²) in [5, 5.41) is 1.44. The number of aromatic amines is 1. The zero-order chi connectivity index (χ0) is 19.1. The van der Waals surface area contributed by atoms with Gasteiger partial charge in [-0.05, 0) is 49.4 Å². The van der Waals surface area contributed by atoms with Crippen LogP contribution in [0.15, 0.2) is 24.4 Å². The van der Waals surface area contributed by atoms with Crippen LogP contribution in [0.4, 0.5) is 4.79 Å². The van der Waals surface area contributed by atoms with Gasteiger partial charge < -0.3 is 24.3 Å². The van der Waals surface area contributed by atoms with Gasteiger partial charge >= 0.3 is 6.09 Å². The van der Waals surface area contributed by atoms with Crippen LogP contribution in [0.1, 0.15) is 29.9 Å². The molecule has 2 aliphatic heterocycles. The molecular weight excluding hydrogens is 354 g/mol. The molecule has 0 bridgehead atoms. The zero-order valence-corrected chi connectivity index (χ0v) is 16.5. The van der Waals surface area contributed by atoms with Gasteiger partial charge in [0, 0.05) is 48.7 Å². The number of H-pyrrole nitrogens is 1. The van der Waals surface area contributed by atoms with E-state index in [0.29, 0.717) is 50.8 Å². The molecule has 0 spiro atoms. The Morgan fingerprint density at radius 3 is 3.04 bits per heavy atom. The second-order valence-corrected chi connectivity index (χ2v) is 8.51. The fourth-order valence-electron chi connectivity index (χ4n) is 5.41. The molecule has 2 fully saturated rings. The van der Waals surface area contributed by atoms with E-state index in [0.717, 1.165) is 19.4 Å². The van der Waals surface area contributed by atoms with Crippen LogP contribution in [0.5, 0.6) is 0 Å². The van der Waals surface area contributed by atoms with Crippen molar-refractivity contribution in [2.45, 2.75) is 31.2 Å². The maximum Gasteiger partial charge on any atom is 0.409 e. The number of aromatic nitrogens is 1. The average Bonchev–Trinajstić information content (AvgIpc) is 3.14. The van der Waals surface area contributed by atoms with Gasteiger partial charge in [0.25, 0.3) is 0 Å². The normalized spacial score (nSPS) is 27.6. The van der Waals surface area contributed by atoms with E-state index >= 15 is 0 Å². The van der Waals surface area contributed by atoms with Crippen LogP contribution < -0.4 is 0 Å². The second-order valence-electron chi connectivity index (χ2n) is 8.51. The number of fused-ring (bicyclic) bond motifs is 2. The van der Waals surface area contributed by atoms with E-state index in [1.54, 1.807) is 4.90 Å². The molecule has 1 aromatic heterocycles. The maximum atomic E-state index is 12.2. The van der Waals surface area contributed by atoms with Gasteiger partial charge in [0.1, 0.15) is 0 Å². The van der Waals surface area contributed by atoms with Gasteiger partial charge in [0.2, 0.25) is 0 Å². The summed E-state index contributed by atoms with van der Waals surface area (Å²) >= 11 is 0. The molecule has 2 aromatic rings. The highest BCUT2D eigenvalue weighted by Gasteiger charge is 2.39. The van der Waals surface area contributed by atoms with Crippen LogP contribution in [0, 0.1) is 5.92 Å².